The number of carbonyl (C=O) groups is 1. The zero-order chi connectivity index (χ0) is 19.5. The molecule has 0 aliphatic heterocycles. The molecule has 1 unspecified atom stereocenters. The summed E-state index contributed by atoms with van der Waals surface area (Å²) < 4.78 is 5.74. The predicted octanol–water partition coefficient (Wildman–Crippen LogP) is 4.71. The Hall–Kier alpha value is -2.60. The molecule has 2 aromatic carbocycles. The van der Waals surface area contributed by atoms with Crippen LogP contribution >= 0.6 is 11.8 Å². The molecule has 1 heterocycles. The summed E-state index contributed by atoms with van der Waals surface area (Å²) in [5.74, 6) is 1.26. The van der Waals surface area contributed by atoms with Gasteiger partial charge in [-0.25, -0.2) is 0 Å². The molecule has 1 aliphatic rings. The maximum atomic E-state index is 12.5. The molecule has 5 nitrogen and oxygen atoms in total. The highest BCUT2D eigenvalue weighted by Gasteiger charge is 2.33. The lowest BCUT2D eigenvalue weighted by Crippen LogP contribution is -2.31. The van der Waals surface area contributed by atoms with E-state index >= 15 is 0 Å². The summed E-state index contributed by atoms with van der Waals surface area (Å²) in [7, 11) is 0. The fourth-order valence-corrected chi connectivity index (χ4v) is 3.96. The molecule has 1 atom stereocenters. The number of rotatable bonds is 7. The number of aromatic nitrogens is 2. The normalized spacial score (nSPS) is 14.6. The molecule has 0 saturated heterocycles. The molecule has 1 saturated carbocycles. The van der Waals surface area contributed by atoms with Gasteiger partial charge in [0.2, 0.25) is 11.8 Å². The number of aryl methyl sites for hydroxylation is 2. The fourth-order valence-electron chi connectivity index (χ4n) is 3.39. The molecule has 1 fully saturated rings. The Kier molecular flexibility index (Phi) is 5.48. The first-order valence-electron chi connectivity index (χ1n) is 9.48. The third kappa shape index (κ3) is 4.62. The zero-order valence-electron chi connectivity index (χ0n) is 16.0. The summed E-state index contributed by atoms with van der Waals surface area (Å²) in [4.78, 5) is 12.5. The smallest absolute Gasteiger partial charge is 0.277 e. The van der Waals surface area contributed by atoms with Crippen LogP contribution in [0.3, 0.4) is 0 Å². The SMILES string of the molecule is Cc1cc(C)cc(-c2nnc(SCC(=O)NC(c3ccccc3)C3CC3)o2)c1. The van der Waals surface area contributed by atoms with Gasteiger partial charge in [0.25, 0.3) is 5.22 Å². The number of nitrogens with zero attached hydrogens (tertiary/aromatic N) is 2. The second-order valence-corrected chi connectivity index (χ2v) is 8.26. The van der Waals surface area contributed by atoms with Crippen LogP contribution in [0.15, 0.2) is 58.2 Å². The van der Waals surface area contributed by atoms with Crippen LogP contribution in [0.2, 0.25) is 0 Å². The molecule has 144 valence electrons. The van der Waals surface area contributed by atoms with E-state index in [9.17, 15) is 4.79 Å². The van der Waals surface area contributed by atoms with Crippen LogP contribution in [0.4, 0.5) is 0 Å². The Bertz CT molecular complexity index is 947. The lowest BCUT2D eigenvalue weighted by Gasteiger charge is -2.18. The molecule has 1 amide bonds. The van der Waals surface area contributed by atoms with E-state index in [0.29, 0.717) is 17.0 Å². The van der Waals surface area contributed by atoms with Gasteiger partial charge >= 0.3 is 0 Å². The van der Waals surface area contributed by atoms with Crippen molar-refractivity contribution >= 4 is 17.7 Å². The number of amides is 1. The lowest BCUT2D eigenvalue weighted by atomic mass is 10.0. The van der Waals surface area contributed by atoms with Crippen LogP contribution in [0, 0.1) is 19.8 Å². The Morgan fingerprint density at radius 2 is 1.86 bits per heavy atom. The molecule has 0 bridgehead atoms. The molecule has 28 heavy (non-hydrogen) atoms. The van der Waals surface area contributed by atoms with Crippen LogP contribution in [-0.2, 0) is 4.79 Å². The highest BCUT2D eigenvalue weighted by molar-refractivity contribution is 7.99. The monoisotopic (exact) mass is 393 g/mol. The Morgan fingerprint density at radius 1 is 1.14 bits per heavy atom. The number of thioether (sulfide) groups is 1. The Morgan fingerprint density at radius 3 is 2.54 bits per heavy atom. The van der Waals surface area contributed by atoms with Crippen molar-refractivity contribution in [3.63, 3.8) is 0 Å². The average Bonchev–Trinajstić information content (AvgIpc) is 3.41. The van der Waals surface area contributed by atoms with E-state index in [2.05, 4.69) is 33.7 Å². The molecular weight excluding hydrogens is 370 g/mol. The maximum absolute atomic E-state index is 12.5. The molecule has 0 spiro atoms. The van der Waals surface area contributed by atoms with E-state index in [4.69, 9.17) is 4.42 Å². The van der Waals surface area contributed by atoms with E-state index in [1.807, 2.05) is 44.2 Å². The van der Waals surface area contributed by atoms with Crippen molar-refractivity contribution in [1.29, 1.82) is 0 Å². The molecule has 1 aromatic heterocycles. The van der Waals surface area contributed by atoms with E-state index in [0.717, 1.165) is 29.5 Å². The number of hydrogen-bond acceptors (Lipinski definition) is 5. The quantitative estimate of drug-likeness (QED) is 0.589. The van der Waals surface area contributed by atoms with Gasteiger partial charge in [0, 0.05) is 5.56 Å². The third-order valence-electron chi connectivity index (χ3n) is 4.77. The summed E-state index contributed by atoms with van der Waals surface area (Å²) in [5.41, 5.74) is 4.36. The topological polar surface area (TPSA) is 68.0 Å². The molecule has 6 heteroatoms. The van der Waals surface area contributed by atoms with Crippen molar-refractivity contribution in [2.45, 2.75) is 38.0 Å². The maximum Gasteiger partial charge on any atom is 0.277 e. The number of nitrogens with one attached hydrogen (secondary N) is 1. The minimum atomic E-state index is -0.0168. The predicted molar refractivity (Wildman–Crippen MR) is 110 cm³/mol. The van der Waals surface area contributed by atoms with Gasteiger partial charge in [0.05, 0.1) is 11.8 Å². The summed E-state index contributed by atoms with van der Waals surface area (Å²) in [6.07, 6.45) is 2.33. The highest BCUT2D eigenvalue weighted by Crippen LogP contribution is 2.41. The van der Waals surface area contributed by atoms with E-state index in [-0.39, 0.29) is 17.7 Å². The van der Waals surface area contributed by atoms with E-state index < -0.39 is 0 Å². The zero-order valence-corrected chi connectivity index (χ0v) is 16.8. The van der Waals surface area contributed by atoms with Crippen LogP contribution in [0.1, 0.15) is 35.6 Å². The van der Waals surface area contributed by atoms with Gasteiger partial charge in [-0.05, 0) is 50.3 Å². The number of hydrogen-bond donors (Lipinski definition) is 1. The minimum Gasteiger partial charge on any atom is -0.411 e. The van der Waals surface area contributed by atoms with Gasteiger partial charge in [-0.15, -0.1) is 10.2 Å². The van der Waals surface area contributed by atoms with Crippen LogP contribution in [0.25, 0.3) is 11.5 Å². The second-order valence-electron chi connectivity index (χ2n) is 7.33. The lowest BCUT2D eigenvalue weighted by molar-refractivity contribution is -0.119. The summed E-state index contributed by atoms with van der Waals surface area (Å²) in [5, 5.41) is 11.8. The molecular formula is C22H23N3O2S. The molecule has 1 aliphatic carbocycles. The van der Waals surface area contributed by atoms with Crippen molar-refractivity contribution < 1.29 is 9.21 Å². The van der Waals surface area contributed by atoms with Crippen molar-refractivity contribution in [2.75, 3.05) is 5.75 Å². The average molecular weight is 394 g/mol. The molecule has 4 rings (SSSR count). The van der Waals surface area contributed by atoms with Gasteiger partial charge in [0.1, 0.15) is 0 Å². The number of carbonyl (C=O) groups excluding carboxylic acids is 1. The first-order valence-corrected chi connectivity index (χ1v) is 10.5. The minimum absolute atomic E-state index is 0.0168. The van der Waals surface area contributed by atoms with Crippen molar-refractivity contribution in [2.24, 2.45) is 5.92 Å². The first kappa shape index (κ1) is 18.7. The van der Waals surface area contributed by atoms with Crippen molar-refractivity contribution in [3.8, 4) is 11.5 Å². The largest absolute Gasteiger partial charge is 0.411 e. The Balaban J connectivity index is 1.37. The number of benzene rings is 2. The second kappa shape index (κ2) is 8.19. The van der Waals surface area contributed by atoms with E-state index in [1.54, 1.807) is 0 Å². The van der Waals surface area contributed by atoms with Gasteiger partial charge in [-0.3, -0.25) is 4.79 Å². The summed E-state index contributed by atoms with van der Waals surface area (Å²) in [6, 6.07) is 16.4. The van der Waals surface area contributed by atoms with Crippen molar-refractivity contribution in [3.05, 3.63) is 65.2 Å². The van der Waals surface area contributed by atoms with Crippen LogP contribution in [-0.4, -0.2) is 21.9 Å². The third-order valence-corrected chi connectivity index (χ3v) is 5.59. The van der Waals surface area contributed by atoms with Gasteiger partial charge < -0.3 is 9.73 Å². The molecule has 3 aromatic rings. The Labute approximate surface area is 168 Å². The fraction of sp³-hybridized carbons (Fsp3) is 0.318. The molecule has 0 radical (unpaired) electrons. The van der Waals surface area contributed by atoms with Crippen LogP contribution < -0.4 is 5.32 Å². The standard InChI is InChI=1S/C22H23N3O2S/c1-14-10-15(2)12-18(11-14)21-24-25-22(27-21)28-13-19(26)23-20(17-8-9-17)16-6-4-3-5-7-16/h3-7,10-12,17,20H,8-9,13H2,1-2H3,(H,23,26). The highest BCUT2D eigenvalue weighted by atomic mass is 32.2. The molecule has 1 N–H and O–H groups in total. The van der Waals surface area contributed by atoms with Gasteiger partial charge in [-0.2, -0.15) is 0 Å². The van der Waals surface area contributed by atoms with Gasteiger partial charge in [0.15, 0.2) is 0 Å². The summed E-state index contributed by atoms with van der Waals surface area (Å²) in [6.45, 7) is 4.08. The summed E-state index contributed by atoms with van der Waals surface area (Å²) >= 11 is 1.27. The van der Waals surface area contributed by atoms with E-state index in [1.165, 1.54) is 17.3 Å². The first-order chi connectivity index (χ1) is 13.6. The van der Waals surface area contributed by atoms with Crippen LogP contribution in [0.5, 0.6) is 0 Å². The van der Waals surface area contributed by atoms with Crippen molar-refractivity contribution in [1.82, 2.24) is 15.5 Å². The van der Waals surface area contributed by atoms with Gasteiger partial charge in [-0.1, -0.05) is 59.3 Å².